The van der Waals surface area contributed by atoms with Crippen LogP contribution in [0.3, 0.4) is 0 Å². The van der Waals surface area contributed by atoms with Gasteiger partial charge >= 0.3 is 0 Å². The standard InChI is InChI=1S/C9H15N5O2S/c1-6(15)12-7(4-17)9(16)10-3-8-11-5-14(2)13-8/h5,7,17H,3-4H2,1-2H3,(H,10,16)(H,12,15). The van der Waals surface area contributed by atoms with Gasteiger partial charge in [-0.05, 0) is 0 Å². The Hall–Kier alpha value is -1.57. The van der Waals surface area contributed by atoms with Crippen molar-refractivity contribution in [3.63, 3.8) is 0 Å². The number of nitrogens with one attached hydrogen (secondary N) is 2. The summed E-state index contributed by atoms with van der Waals surface area (Å²) in [7, 11) is 1.74. The van der Waals surface area contributed by atoms with Gasteiger partial charge in [0.25, 0.3) is 0 Å². The Morgan fingerprint density at radius 2 is 2.29 bits per heavy atom. The quantitative estimate of drug-likeness (QED) is 0.582. The third-order valence-corrected chi connectivity index (χ3v) is 2.31. The molecule has 1 unspecified atom stereocenters. The summed E-state index contributed by atoms with van der Waals surface area (Å²) in [6.07, 6.45) is 1.55. The molecule has 0 spiro atoms. The number of amides is 2. The maximum Gasteiger partial charge on any atom is 0.243 e. The van der Waals surface area contributed by atoms with E-state index in [0.717, 1.165) is 0 Å². The van der Waals surface area contributed by atoms with Crippen molar-refractivity contribution in [2.24, 2.45) is 7.05 Å². The molecule has 8 heteroatoms. The van der Waals surface area contributed by atoms with Gasteiger partial charge in [0, 0.05) is 19.7 Å². The number of aromatic nitrogens is 3. The first kappa shape index (κ1) is 13.5. The molecule has 1 aromatic heterocycles. The number of carbonyl (C=O) groups excluding carboxylic acids is 2. The van der Waals surface area contributed by atoms with E-state index in [9.17, 15) is 9.59 Å². The molecule has 0 aliphatic heterocycles. The molecule has 0 bridgehead atoms. The Morgan fingerprint density at radius 3 is 2.76 bits per heavy atom. The molecule has 94 valence electrons. The smallest absolute Gasteiger partial charge is 0.243 e. The molecule has 7 nitrogen and oxygen atoms in total. The number of aryl methyl sites for hydroxylation is 1. The molecule has 0 aliphatic rings. The second-order valence-corrected chi connectivity index (χ2v) is 3.85. The Bertz CT molecular complexity index is 406. The molecule has 1 heterocycles. The number of rotatable bonds is 5. The van der Waals surface area contributed by atoms with E-state index in [1.807, 2.05) is 0 Å². The zero-order valence-corrected chi connectivity index (χ0v) is 10.6. The van der Waals surface area contributed by atoms with Crippen LogP contribution in [0.4, 0.5) is 0 Å². The van der Waals surface area contributed by atoms with Crippen LogP contribution in [-0.2, 0) is 23.2 Å². The first-order valence-electron chi connectivity index (χ1n) is 5.03. The van der Waals surface area contributed by atoms with Crippen molar-refractivity contribution in [2.75, 3.05) is 5.75 Å². The van der Waals surface area contributed by atoms with Crippen LogP contribution in [0, 0.1) is 0 Å². The molecule has 2 N–H and O–H groups in total. The van der Waals surface area contributed by atoms with Crippen molar-refractivity contribution >= 4 is 24.4 Å². The van der Waals surface area contributed by atoms with Crippen molar-refractivity contribution in [1.29, 1.82) is 0 Å². The summed E-state index contributed by atoms with van der Waals surface area (Å²) >= 11 is 4.00. The lowest BCUT2D eigenvalue weighted by molar-refractivity contribution is -0.127. The van der Waals surface area contributed by atoms with Gasteiger partial charge in [0.05, 0.1) is 6.54 Å². The van der Waals surface area contributed by atoms with E-state index in [-0.39, 0.29) is 24.1 Å². The molecule has 0 aromatic carbocycles. The third kappa shape index (κ3) is 4.43. The Balaban J connectivity index is 2.44. The van der Waals surface area contributed by atoms with Crippen molar-refractivity contribution in [3.05, 3.63) is 12.2 Å². The molecule has 0 saturated heterocycles. The van der Waals surface area contributed by atoms with Crippen molar-refractivity contribution in [2.45, 2.75) is 19.5 Å². The molecule has 0 fully saturated rings. The highest BCUT2D eigenvalue weighted by atomic mass is 32.1. The average Bonchev–Trinajstić information content (AvgIpc) is 2.68. The molecule has 0 aliphatic carbocycles. The fourth-order valence-corrected chi connectivity index (χ4v) is 1.45. The number of nitrogens with zero attached hydrogens (tertiary/aromatic N) is 3. The lowest BCUT2D eigenvalue weighted by atomic mass is 10.3. The Kier molecular flexibility index (Phi) is 4.95. The fraction of sp³-hybridized carbons (Fsp3) is 0.556. The minimum absolute atomic E-state index is 0.226. The van der Waals surface area contributed by atoms with Crippen molar-refractivity contribution in [3.8, 4) is 0 Å². The molecule has 1 atom stereocenters. The molecule has 0 saturated carbocycles. The second kappa shape index (κ2) is 6.24. The molecule has 17 heavy (non-hydrogen) atoms. The maximum atomic E-state index is 11.7. The van der Waals surface area contributed by atoms with Crippen LogP contribution in [0.25, 0.3) is 0 Å². The van der Waals surface area contributed by atoms with E-state index in [0.29, 0.717) is 5.82 Å². The zero-order valence-electron chi connectivity index (χ0n) is 9.67. The summed E-state index contributed by atoms with van der Waals surface area (Å²) in [6.45, 7) is 1.58. The molecule has 2 amide bonds. The van der Waals surface area contributed by atoms with E-state index in [4.69, 9.17) is 0 Å². The molecule has 1 aromatic rings. The summed E-state index contributed by atoms with van der Waals surface area (Å²) in [5.41, 5.74) is 0. The lowest BCUT2D eigenvalue weighted by Gasteiger charge is -2.14. The molecular formula is C9H15N5O2S. The monoisotopic (exact) mass is 257 g/mol. The van der Waals surface area contributed by atoms with E-state index in [1.165, 1.54) is 6.92 Å². The van der Waals surface area contributed by atoms with Gasteiger partial charge in [-0.15, -0.1) is 0 Å². The molecule has 1 rings (SSSR count). The minimum Gasteiger partial charge on any atom is -0.347 e. The van der Waals surface area contributed by atoms with Gasteiger partial charge in [0.2, 0.25) is 11.8 Å². The topological polar surface area (TPSA) is 88.9 Å². The van der Waals surface area contributed by atoms with Crippen LogP contribution in [0.5, 0.6) is 0 Å². The third-order valence-electron chi connectivity index (χ3n) is 1.94. The van der Waals surface area contributed by atoms with Crippen molar-refractivity contribution in [1.82, 2.24) is 25.4 Å². The van der Waals surface area contributed by atoms with Crippen LogP contribution in [0.2, 0.25) is 0 Å². The average molecular weight is 257 g/mol. The second-order valence-electron chi connectivity index (χ2n) is 3.49. The van der Waals surface area contributed by atoms with Crippen LogP contribution >= 0.6 is 12.6 Å². The maximum absolute atomic E-state index is 11.7. The van der Waals surface area contributed by atoms with E-state index >= 15 is 0 Å². The highest BCUT2D eigenvalue weighted by molar-refractivity contribution is 7.80. The predicted molar refractivity (Wildman–Crippen MR) is 64.3 cm³/mol. The largest absolute Gasteiger partial charge is 0.347 e. The molecule has 0 radical (unpaired) electrons. The Labute approximate surface area is 104 Å². The highest BCUT2D eigenvalue weighted by Crippen LogP contribution is 1.91. The summed E-state index contributed by atoms with van der Waals surface area (Å²) in [5, 5.41) is 9.14. The number of hydrogen-bond acceptors (Lipinski definition) is 5. The lowest BCUT2D eigenvalue weighted by Crippen LogP contribution is -2.47. The number of hydrogen-bond donors (Lipinski definition) is 3. The number of carbonyl (C=O) groups is 2. The summed E-state index contributed by atoms with van der Waals surface area (Å²) < 4.78 is 1.55. The van der Waals surface area contributed by atoms with E-state index in [1.54, 1.807) is 18.1 Å². The predicted octanol–water partition coefficient (Wildman–Crippen LogP) is -1.13. The SMILES string of the molecule is CC(=O)NC(CS)C(=O)NCc1ncn(C)n1. The van der Waals surface area contributed by atoms with Gasteiger partial charge in [0.1, 0.15) is 12.4 Å². The van der Waals surface area contributed by atoms with Crippen LogP contribution in [-0.4, -0.2) is 38.4 Å². The van der Waals surface area contributed by atoms with Crippen LogP contribution in [0.1, 0.15) is 12.7 Å². The fourth-order valence-electron chi connectivity index (χ4n) is 1.19. The zero-order chi connectivity index (χ0) is 12.8. The van der Waals surface area contributed by atoms with Gasteiger partial charge in [-0.25, -0.2) is 4.98 Å². The highest BCUT2D eigenvalue weighted by Gasteiger charge is 2.17. The van der Waals surface area contributed by atoms with E-state index < -0.39 is 6.04 Å². The van der Waals surface area contributed by atoms with Gasteiger partial charge in [-0.2, -0.15) is 17.7 Å². The summed E-state index contributed by atoms with van der Waals surface area (Å²) in [4.78, 5) is 26.5. The minimum atomic E-state index is -0.639. The van der Waals surface area contributed by atoms with Gasteiger partial charge < -0.3 is 10.6 Å². The Morgan fingerprint density at radius 1 is 1.59 bits per heavy atom. The van der Waals surface area contributed by atoms with Crippen LogP contribution < -0.4 is 10.6 Å². The van der Waals surface area contributed by atoms with E-state index in [2.05, 4.69) is 33.3 Å². The van der Waals surface area contributed by atoms with Gasteiger partial charge in [-0.3, -0.25) is 14.3 Å². The molecular weight excluding hydrogens is 242 g/mol. The van der Waals surface area contributed by atoms with Gasteiger partial charge in [0.15, 0.2) is 5.82 Å². The van der Waals surface area contributed by atoms with Gasteiger partial charge in [-0.1, -0.05) is 0 Å². The van der Waals surface area contributed by atoms with Crippen molar-refractivity contribution < 1.29 is 9.59 Å². The normalized spacial score (nSPS) is 11.9. The first-order valence-corrected chi connectivity index (χ1v) is 5.66. The first-order chi connectivity index (χ1) is 8.02. The summed E-state index contributed by atoms with van der Waals surface area (Å²) in [5.74, 6) is 0.181. The van der Waals surface area contributed by atoms with Crippen LogP contribution in [0.15, 0.2) is 6.33 Å². The summed E-state index contributed by atoms with van der Waals surface area (Å²) in [6, 6.07) is -0.639. The number of thiol groups is 1.